The lowest BCUT2D eigenvalue weighted by atomic mass is 10.00. The Morgan fingerprint density at radius 3 is 2.31 bits per heavy atom. The van der Waals surface area contributed by atoms with Crippen LogP contribution in [-0.2, 0) is 9.53 Å². The number of phenolic OH excluding ortho intramolecular Hbond substituents is 1. The molecular formula is C26H25BrN2O6. The number of allylic oxidation sites excluding steroid dienone is 1. The van der Waals surface area contributed by atoms with Gasteiger partial charge in [-0.2, -0.15) is 0 Å². The third-order valence-electron chi connectivity index (χ3n) is 4.91. The predicted molar refractivity (Wildman–Crippen MR) is 134 cm³/mol. The molecule has 182 valence electrons. The van der Waals surface area contributed by atoms with Crippen LogP contribution in [-0.4, -0.2) is 28.4 Å². The number of halogens is 1. The van der Waals surface area contributed by atoms with Gasteiger partial charge in [0.2, 0.25) is 0 Å². The molecule has 35 heavy (non-hydrogen) atoms. The van der Waals surface area contributed by atoms with Crippen molar-refractivity contribution in [2.45, 2.75) is 25.0 Å². The monoisotopic (exact) mass is 540 g/mol. The highest BCUT2D eigenvalue weighted by Gasteiger charge is 2.29. The van der Waals surface area contributed by atoms with Crippen molar-refractivity contribution in [2.75, 3.05) is 5.32 Å². The molecule has 0 heterocycles. The Kier molecular flexibility index (Phi) is 9.70. The van der Waals surface area contributed by atoms with E-state index in [9.17, 15) is 14.7 Å². The van der Waals surface area contributed by atoms with E-state index in [4.69, 9.17) is 14.7 Å². The highest BCUT2D eigenvalue weighted by Crippen LogP contribution is 2.30. The SMILES string of the molecule is O=C(/C=C/CC[C@H](Oc1ccccc1)[C@@H](OC(=O)Nc1ccc(Br)cc1)c1ccc(O)cc1)NO. The average molecular weight is 541 g/mol. The van der Waals surface area contributed by atoms with Crippen LogP contribution in [0.3, 0.4) is 0 Å². The Balaban J connectivity index is 1.85. The van der Waals surface area contributed by atoms with Gasteiger partial charge in [0, 0.05) is 16.2 Å². The molecule has 3 rings (SSSR count). The van der Waals surface area contributed by atoms with Gasteiger partial charge in [0.25, 0.3) is 5.91 Å². The van der Waals surface area contributed by atoms with Crippen molar-refractivity contribution in [3.8, 4) is 11.5 Å². The minimum absolute atomic E-state index is 0.0743. The Hall–Kier alpha value is -3.82. The maximum atomic E-state index is 12.8. The number of nitrogens with one attached hydrogen (secondary N) is 2. The van der Waals surface area contributed by atoms with E-state index in [1.165, 1.54) is 23.7 Å². The lowest BCUT2D eigenvalue weighted by molar-refractivity contribution is -0.124. The molecule has 9 heteroatoms. The molecule has 0 radical (unpaired) electrons. The van der Waals surface area contributed by atoms with Crippen molar-refractivity contribution in [2.24, 2.45) is 0 Å². The fourth-order valence-electron chi connectivity index (χ4n) is 3.25. The molecule has 0 bridgehead atoms. The number of hydroxylamine groups is 1. The van der Waals surface area contributed by atoms with Crippen molar-refractivity contribution in [3.63, 3.8) is 0 Å². The van der Waals surface area contributed by atoms with Crippen LogP contribution in [0.2, 0.25) is 0 Å². The zero-order chi connectivity index (χ0) is 25.0. The number of hydrogen-bond acceptors (Lipinski definition) is 6. The second kappa shape index (κ2) is 13.2. The number of hydrogen-bond donors (Lipinski definition) is 4. The molecule has 4 N–H and O–H groups in total. The van der Waals surface area contributed by atoms with Gasteiger partial charge in [-0.15, -0.1) is 0 Å². The van der Waals surface area contributed by atoms with Crippen molar-refractivity contribution in [1.82, 2.24) is 5.48 Å². The molecule has 0 unspecified atom stereocenters. The van der Waals surface area contributed by atoms with Gasteiger partial charge in [-0.3, -0.25) is 15.3 Å². The molecule has 0 aromatic heterocycles. The zero-order valence-corrected chi connectivity index (χ0v) is 20.2. The van der Waals surface area contributed by atoms with Gasteiger partial charge in [-0.05, 0) is 66.9 Å². The summed E-state index contributed by atoms with van der Waals surface area (Å²) in [6.07, 6.45) is 1.41. The Labute approximate surface area is 211 Å². The molecule has 3 aromatic rings. The van der Waals surface area contributed by atoms with Gasteiger partial charge < -0.3 is 14.6 Å². The number of aromatic hydroxyl groups is 1. The summed E-state index contributed by atoms with van der Waals surface area (Å²) in [4.78, 5) is 24.1. The molecule has 0 aliphatic heterocycles. The first-order valence-corrected chi connectivity index (χ1v) is 11.6. The van der Waals surface area contributed by atoms with E-state index in [2.05, 4.69) is 21.2 Å². The maximum Gasteiger partial charge on any atom is 0.412 e. The maximum absolute atomic E-state index is 12.8. The molecule has 0 aliphatic carbocycles. The zero-order valence-electron chi connectivity index (χ0n) is 18.6. The van der Waals surface area contributed by atoms with Gasteiger partial charge in [0.05, 0.1) is 0 Å². The smallest absolute Gasteiger partial charge is 0.412 e. The summed E-state index contributed by atoms with van der Waals surface area (Å²) < 4.78 is 12.9. The first-order valence-electron chi connectivity index (χ1n) is 10.8. The Bertz CT molecular complexity index is 1120. The summed E-state index contributed by atoms with van der Waals surface area (Å²) >= 11 is 3.36. The number of phenols is 1. The lowest BCUT2D eigenvalue weighted by Gasteiger charge is -2.28. The molecule has 0 aliphatic rings. The fourth-order valence-corrected chi connectivity index (χ4v) is 3.52. The third kappa shape index (κ3) is 8.47. The fraction of sp³-hybridized carbons (Fsp3) is 0.154. The van der Waals surface area contributed by atoms with Crippen LogP contribution in [0.25, 0.3) is 0 Å². The summed E-state index contributed by atoms with van der Waals surface area (Å²) in [5, 5.41) is 21.1. The van der Waals surface area contributed by atoms with Crippen molar-refractivity contribution in [1.29, 1.82) is 0 Å². The number of anilines is 1. The third-order valence-corrected chi connectivity index (χ3v) is 5.44. The largest absolute Gasteiger partial charge is 0.508 e. The van der Waals surface area contributed by atoms with Gasteiger partial charge in [-0.25, -0.2) is 10.3 Å². The Morgan fingerprint density at radius 2 is 1.66 bits per heavy atom. The molecule has 0 fully saturated rings. The van der Waals surface area contributed by atoms with Gasteiger partial charge in [0.15, 0.2) is 6.10 Å². The number of amides is 2. The molecule has 0 saturated heterocycles. The van der Waals surface area contributed by atoms with Crippen molar-refractivity contribution >= 4 is 33.6 Å². The summed E-state index contributed by atoms with van der Waals surface area (Å²) in [5.41, 5.74) is 2.71. The van der Waals surface area contributed by atoms with Crippen LogP contribution in [0.1, 0.15) is 24.5 Å². The number of carbonyl (C=O) groups is 2. The van der Waals surface area contributed by atoms with Crippen LogP contribution in [0.4, 0.5) is 10.5 Å². The standard InChI is InChI=1S/C26H25BrN2O6/c27-19-12-14-20(15-13-19)28-26(32)35-25(18-10-16-21(30)17-11-18)23(8-4-5-9-24(31)29-33)34-22-6-2-1-3-7-22/h1-3,5-7,9-17,23,25,30,33H,4,8H2,(H,28,32)(H,29,31)/b9-5+/t23-,25-/m0/s1. The highest BCUT2D eigenvalue weighted by atomic mass is 79.9. The number of rotatable bonds is 10. The van der Waals surface area contributed by atoms with Gasteiger partial charge >= 0.3 is 6.09 Å². The lowest BCUT2D eigenvalue weighted by Crippen LogP contribution is -2.31. The number of carbonyl (C=O) groups excluding carboxylic acids is 2. The number of ether oxygens (including phenoxy) is 2. The number of benzene rings is 3. The minimum Gasteiger partial charge on any atom is -0.508 e. The molecule has 0 spiro atoms. The molecule has 0 saturated carbocycles. The van der Waals surface area contributed by atoms with E-state index in [-0.39, 0.29) is 5.75 Å². The van der Waals surface area contributed by atoms with Crippen LogP contribution in [0, 0.1) is 0 Å². The van der Waals surface area contributed by atoms with Crippen LogP contribution in [0.15, 0.2) is 95.5 Å². The van der Waals surface area contributed by atoms with E-state index < -0.39 is 24.2 Å². The van der Waals surface area contributed by atoms with E-state index in [0.29, 0.717) is 29.8 Å². The summed E-state index contributed by atoms with van der Waals surface area (Å²) in [6, 6.07) is 22.5. The molecule has 3 aromatic carbocycles. The molecule has 2 atom stereocenters. The Morgan fingerprint density at radius 1 is 0.971 bits per heavy atom. The van der Waals surface area contributed by atoms with Gasteiger partial charge in [0.1, 0.15) is 17.6 Å². The molecule has 8 nitrogen and oxygen atoms in total. The topological polar surface area (TPSA) is 117 Å². The van der Waals surface area contributed by atoms with Crippen LogP contribution >= 0.6 is 15.9 Å². The summed E-state index contributed by atoms with van der Waals surface area (Å²) in [5.74, 6) is 0.00584. The molecule has 2 amide bonds. The summed E-state index contributed by atoms with van der Waals surface area (Å²) in [7, 11) is 0. The highest BCUT2D eigenvalue weighted by molar-refractivity contribution is 9.10. The van der Waals surface area contributed by atoms with E-state index in [1.807, 2.05) is 18.2 Å². The summed E-state index contributed by atoms with van der Waals surface area (Å²) in [6.45, 7) is 0. The van der Waals surface area contributed by atoms with Crippen LogP contribution in [0.5, 0.6) is 11.5 Å². The van der Waals surface area contributed by atoms with Gasteiger partial charge in [-0.1, -0.05) is 52.3 Å². The first kappa shape index (κ1) is 25.8. The quantitative estimate of drug-likeness (QED) is 0.148. The first-order chi connectivity index (χ1) is 16.9. The second-order valence-electron chi connectivity index (χ2n) is 7.47. The average Bonchev–Trinajstić information content (AvgIpc) is 2.87. The van der Waals surface area contributed by atoms with Crippen LogP contribution < -0.4 is 15.5 Å². The predicted octanol–water partition coefficient (Wildman–Crippen LogP) is 5.73. The molecular weight excluding hydrogens is 516 g/mol. The van der Waals surface area contributed by atoms with E-state index >= 15 is 0 Å². The van der Waals surface area contributed by atoms with E-state index in [0.717, 1.165) is 4.47 Å². The van der Waals surface area contributed by atoms with E-state index in [1.54, 1.807) is 54.6 Å². The van der Waals surface area contributed by atoms with Crippen molar-refractivity contribution in [3.05, 3.63) is 101 Å². The second-order valence-corrected chi connectivity index (χ2v) is 8.39. The minimum atomic E-state index is -0.841. The van der Waals surface area contributed by atoms with Crippen molar-refractivity contribution < 1.29 is 29.4 Å². The normalized spacial score (nSPS) is 12.5. The number of para-hydroxylation sites is 1.